The summed E-state index contributed by atoms with van der Waals surface area (Å²) in [6.07, 6.45) is 3.69. The molecule has 3 atom stereocenters. The summed E-state index contributed by atoms with van der Waals surface area (Å²) in [5, 5.41) is 3.66. The third-order valence-corrected chi connectivity index (χ3v) is 4.12. The zero-order valence-corrected chi connectivity index (χ0v) is 12.7. The van der Waals surface area contributed by atoms with Gasteiger partial charge in [-0.3, -0.25) is 0 Å². The topological polar surface area (TPSA) is 21.3 Å². The minimum absolute atomic E-state index is 0.298. The van der Waals surface area contributed by atoms with E-state index in [1.807, 2.05) is 0 Å². The van der Waals surface area contributed by atoms with Crippen LogP contribution in [0.2, 0.25) is 0 Å². The lowest BCUT2D eigenvalue weighted by atomic mass is 9.89. The molecule has 1 heterocycles. The van der Waals surface area contributed by atoms with Gasteiger partial charge >= 0.3 is 0 Å². The van der Waals surface area contributed by atoms with E-state index in [1.54, 1.807) is 0 Å². The molecule has 2 nitrogen and oxygen atoms in total. The Morgan fingerprint density at radius 1 is 1.37 bits per heavy atom. The van der Waals surface area contributed by atoms with E-state index in [1.165, 1.54) is 17.5 Å². The number of benzene rings is 1. The maximum Gasteiger partial charge on any atom is 0.127 e. The van der Waals surface area contributed by atoms with Gasteiger partial charge in [0.1, 0.15) is 5.75 Å². The molecule has 1 aliphatic rings. The molecule has 0 saturated carbocycles. The summed E-state index contributed by atoms with van der Waals surface area (Å²) in [5.41, 5.74) is 2.72. The van der Waals surface area contributed by atoms with Gasteiger partial charge < -0.3 is 10.1 Å². The van der Waals surface area contributed by atoms with E-state index in [9.17, 15) is 0 Å². The molecule has 0 saturated heterocycles. The molecule has 2 heteroatoms. The highest BCUT2D eigenvalue weighted by molar-refractivity contribution is 5.46. The average molecular weight is 261 g/mol. The third-order valence-electron chi connectivity index (χ3n) is 4.12. The molecular weight excluding hydrogens is 234 g/mol. The van der Waals surface area contributed by atoms with Crippen LogP contribution in [0.15, 0.2) is 18.2 Å². The highest BCUT2D eigenvalue weighted by Gasteiger charge is 2.28. The third kappa shape index (κ3) is 3.11. The standard InChI is InChI=1S/C17H27NO/c1-5-10-18-16-11-13(4)19-17-14(12(3)6-2)8-7-9-15(16)17/h7-9,12-13,16,18H,5-6,10-11H2,1-4H3. The molecule has 0 fully saturated rings. The van der Waals surface area contributed by atoms with Crippen LogP contribution in [0.3, 0.4) is 0 Å². The van der Waals surface area contributed by atoms with Gasteiger partial charge in [0.15, 0.2) is 0 Å². The van der Waals surface area contributed by atoms with Crippen molar-refractivity contribution in [1.29, 1.82) is 0 Å². The lowest BCUT2D eigenvalue weighted by Gasteiger charge is -2.33. The highest BCUT2D eigenvalue weighted by atomic mass is 16.5. The van der Waals surface area contributed by atoms with E-state index in [-0.39, 0.29) is 0 Å². The predicted octanol–water partition coefficient (Wildman–Crippen LogP) is 4.41. The van der Waals surface area contributed by atoms with Crippen LogP contribution < -0.4 is 10.1 Å². The van der Waals surface area contributed by atoms with Crippen molar-refractivity contribution in [2.75, 3.05) is 6.54 Å². The smallest absolute Gasteiger partial charge is 0.127 e. The van der Waals surface area contributed by atoms with E-state index in [2.05, 4.69) is 51.2 Å². The van der Waals surface area contributed by atoms with Gasteiger partial charge in [0.25, 0.3) is 0 Å². The van der Waals surface area contributed by atoms with Gasteiger partial charge in [0.2, 0.25) is 0 Å². The first-order valence-corrected chi connectivity index (χ1v) is 7.70. The van der Waals surface area contributed by atoms with Crippen LogP contribution in [-0.4, -0.2) is 12.6 Å². The molecule has 0 spiro atoms. The maximum atomic E-state index is 6.16. The van der Waals surface area contributed by atoms with Gasteiger partial charge in [-0.25, -0.2) is 0 Å². The van der Waals surface area contributed by atoms with Crippen LogP contribution in [0.5, 0.6) is 5.75 Å². The molecule has 0 aromatic heterocycles. The Labute approximate surface area is 117 Å². The van der Waals surface area contributed by atoms with E-state index < -0.39 is 0 Å². The number of nitrogens with one attached hydrogen (secondary N) is 1. The minimum Gasteiger partial charge on any atom is -0.490 e. The molecule has 0 bridgehead atoms. The molecule has 0 amide bonds. The summed E-state index contributed by atoms with van der Waals surface area (Å²) >= 11 is 0. The summed E-state index contributed by atoms with van der Waals surface area (Å²) in [6.45, 7) is 9.99. The average Bonchev–Trinajstić information content (AvgIpc) is 2.43. The second-order valence-electron chi connectivity index (χ2n) is 5.75. The number of ether oxygens (including phenoxy) is 1. The maximum absolute atomic E-state index is 6.16. The molecule has 1 aliphatic heterocycles. The highest BCUT2D eigenvalue weighted by Crippen LogP contribution is 2.40. The number of hydrogen-bond acceptors (Lipinski definition) is 2. The van der Waals surface area contributed by atoms with E-state index >= 15 is 0 Å². The molecular formula is C17H27NO. The molecule has 106 valence electrons. The molecule has 1 N–H and O–H groups in total. The van der Waals surface area contributed by atoms with E-state index in [4.69, 9.17) is 4.74 Å². The van der Waals surface area contributed by atoms with E-state index in [0.29, 0.717) is 18.1 Å². The van der Waals surface area contributed by atoms with Crippen molar-refractivity contribution in [3.8, 4) is 5.75 Å². The Hall–Kier alpha value is -1.02. The number of fused-ring (bicyclic) bond motifs is 1. The van der Waals surface area contributed by atoms with Crippen LogP contribution in [0, 0.1) is 0 Å². The fraction of sp³-hybridized carbons (Fsp3) is 0.647. The van der Waals surface area contributed by atoms with Crippen molar-refractivity contribution in [1.82, 2.24) is 5.32 Å². The molecule has 0 aliphatic carbocycles. The SMILES string of the molecule is CCCNC1CC(C)Oc2c(C(C)CC)cccc21. The summed E-state index contributed by atoms with van der Waals surface area (Å²) in [5.74, 6) is 1.70. The van der Waals surface area contributed by atoms with Crippen LogP contribution in [-0.2, 0) is 0 Å². The van der Waals surface area contributed by atoms with E-state index in [0.717, 1.165) is 25.1 Å². The van der Waals surface area contributed by atoms with Gasteiger partial charge in [-0.05, 0) is 37.8 Å². The zero-order valence-electron chi connectivity index (χ0n) is 12.7. The normalized spacial score (nSPS) is 23.6. The molecule has 2 rings (SSSR count). The zero-order chi connectivity index (χ0) is 13.8. The Balaban J connectivity index is 2.34. The minimum atomic E-state index is 0.298. The summed E-state index contributed by atoms with van der Waals surface area (Å²) in [7, 11) is 0. The Morgan fingerprint density at radius 2 is 2.16 bits per heavy atom. The first-order chi connectivity index (χ1) is 9.17. The lowest BCUT2D eigenvalue weighted by molar-refractivity contribution is 0.164. The first kappa shape index (κ1) is 14.4. The fourth-order valence-corrected chi connectivity index (χ4v) is 2.81. The van der Waals surface area contributed by atoms with Crippen molar-refractivity contribution in [2.45, 2.75) is 65.0 Å². The monoisotopic (exact) mass is 261 g/mol. The second-order valence-corrected chi connectivity index (χ2v) is 5.75. The lowest BCUT2D eigenvalue weighted by Crippen LogP contribution is -2.32. The van der Waals surface area contributed by atoms with Crippen LogP contribution in [0.4, 0.5) is 0 Å². The van der Waals surface area contributed by atoms with Gasteiger partial charge in [0, 0.05) is 18.0 Å². The van der Waals surface area contributed by atoms with Crippen LogP contribution in [0.25, 0.3) is 0 Å². The molecule has 3 unspecified atom stereocenters. The van der Waals surface area contributed by atoms with Crippen molar-refractivity contribution >= 4 is 0 Å². The van der Waals surface area contributed by atoms with Gasteiger partial charge in [-0.2, -0.15) is 0 Å². The molecule has 19 heavy (non-hydrogen) atoms. The van der Waals surface area contributed by atoms with Gasteiger partial charge in [0.05, 0.1) is 6.10 Å². The quantitative estimate of drug-likeness (QED) is 0.847. The summed E-state index contributed by atoms with van der Waals surface area (Å²) in [6, 6.07) is 7.07. The van der Waals surface area contributed by atoms with Crippen LogP contribution >= 0.6 is 0 Å². The van der Waals surface area contributed by atoms with Crippen molar-refractivity contribution in [3.05, 3.63) is 29.3 Å². The van der Waals surface area contributed by atoms with Crippen molar-refractivity contribution in [2.24, 2.45) is 0 Å². The van der Waals surface area contributed by atoms with Crippen molar-refractivity contribution in [3.63, 3.8) is 0 Å². The largest absolute Gasteiger partial charge is 0.490 e. The van der Waals surface area contributed by atoms with Crippen molar-refractivity contribution < 1.29 is 4.74 Å². The Morgan fingerprint density at radius 3 is 2.84 bits per heavy atom. The van der Waals surface area contributed by atoms with Gasteiger partial charge in [-0.1, -0.05) is 39.0 Å². The Kier molecular flexibility index (Phi) is 4.87. The molecule has 0 radical (unpaired) electrons. The molecule has 1 aromatic rings. The van der Waals surface area contributed by atoms with Crippen LogP contribution in [0.1, 0.15) is 70.0 Å². The second kappa shape index (κ2) is 6.42. The number of hydrogen-bond donors (Lipinski definition) is 1. The first-order valence-electron chi connectivity index (χ1n) is 7.70. The molecule has 1 aromatic carbocycles. The summed E-state index contributed by atoms with van der Waals surface area (Å²) < 4.78 is 6.16. The predicted molar refractivity (Wildman–Crippen MR) is 80.9 cm³/mol. The fourth-order valence-electron chi connectivity index (χ4n) is 2.81. The number of para-hydroxylation sites is 1. The summed E-state index contributed by atoms with van der Waals surface area (Å²) in [4.78, 5) is 0. The van der Waals surface area contributed by atoms with Gasteiger partial charge in [-0.15, -0.1) is 0 Å². The number of rotatable bonds is 5. The Bertz CT molecular complexity index is 416.